The number of rotatable bonds is 26. The molecule has 572 valence electrons. The van der Waals surface area contributed by atoms with Crippen molar-refractivity contribution < 1.29 is 99.9 Å². The first kappa shape index (κ1) is 84.8. The van der Waals surface area contributed by atoms with Crippen molar-refractivity contribution in [1.29, 1.82) is 0 Å². The molecular formula is C85H106O21. The third kappa shape index (κ3) is 30.5. The highest BCUT2D eigenvalue weighted by Crippen LogP contribution is 2.31. The molecule has 0 bridgehead atoms. The summed E-state index contributed by atoms with van der Waals surface area (Å²) >= 11 is 0. The minimum Gasteiger partial charge on any atom is -0.490 e. The van der Waals surface area contributed by atoms with Gasteiger partial charge in [-0.15, -0.1) is 0 Å². The zero-order valence-electron chi connectivity index (χ0n) is 66.1. The second-order valence-electron chi connectivity index (χ2n) is 33.6. The van der Waals surface area contributed by atoms with Crippen molar-refractivity contribution in [3.8, 4) is 28.7 Å². The molecule has 6 aromatic rings. The Balaban J connectivity index is 1.34. The van der Waals surface area contributed by atoms with E-state index >= 15 is 0 Å². The lowest BCUT2D eigenvalue weighted by molar-refractivity contribution is 0.00457. The fourth-order valence-electron chi connectivity index (χ4n) is 9.75. The molecule has 21 heteroatoms. The first-order valence-electron chi connectivity index (χ1n) is 35.2. The Labute approximate surface area is 624 Å². The van der Waals surface area contributed by atoms with Gasteiger partial charge in [0, 0.05) is 0 Å². The van der Waals surface area contributed by atoms with Crippen LogP contribution in [0, 0.1) is 0 Å². The van der Waals surface area contributed by atoms with Gasteiger partial charge in [0.2, 0.25) is 0 Å². The lowest BCUT2D eigenvalue weighted by Crippen LogP contribution is -2.25. The summed E-state index contributed by atoms with van der Waals surface area (Å²) in [7, 11) is 0. The van der Waals surface area contributed by atoms with Crippen LogP contribution in [0.1, 0.15) is 277 Å². The van der Waals surface area contributed by atoms with Gasteiger partial charge < -0.3 is 61.6 Å². The van der Waals surface area contributed by atoms with E-state index < -0.39 is 92.6 Å². The van der Waals surface area contributed by atoms with E-state index in [1.807, 2.05) is 12.1 Å². The van der Waals surface area contributed by atoms with Gasteiger partial charge in [-0.05, 0) is 322 Å². The molecule has 6 aromatic carbocycles. The minimum atomic E-state index is -0.854. The van der Waals surface area contributed by atoms with Crippen molar-refractivity contribution in [2.75, 3.05) is 13.2 Å². The van der Waals surface area contributed by atoms with E-state index in [9.17, 15) is 38.4 Å². The number of carbonyl (C=O) groups is 8. The molecule has 0 saturated heterocycles. The molecule has 21 nitrogen and oxygen atoms in total. The van der Waals surface area contributed by atoms with E-state index in [0.29, 0.717) is 46.6 Å². The topological polar surface area (TPSA) is 257 Å². The van der Waals surface area contributed by atoms with Crippen LogP contribution >= 0.6 is 0 Å². The molecule has 0 fully saturated rings. The van der Waals surface area contributed by atoms with E-state index in [1.54, 1.807) is 215 Å². The number of hydrogen-bond acceptors (Lipinski definition) is 21. The van der Waals surface area contributed by atoms with Crippen LogP contribution in [-0.2, 0) is 70.6 Å². The number of esters is 8. The Morgan fingerprint density at radius 3 is 0.594 bits per heavy atom. The SMILES string of the molecule is CC(C)(C)OC(=O)c1cc(CCc2cc(COc3cc(C(=O)OC(C)(C)C)cc(C(=O)OC(C)(C)C)c3)cc(OCC=CCOc3cc(COc4cc(C(=O)OC(C)(C)C)cc(C(=O)OC(C)(C)C)c4)cc(COc4cc(C(=O)OC(C)(C)C)cc(C(=O)OC(C)(C)C)c4)c3)c2)cc(C(=O)OC(C)(C)C)c1. The maximum atomic E-state index is 13.6. The highest BCUT2D eigenvalue weighted by atomic mass is 16.6. The molecule has 0 spiro atoms. The first-order chi connectivity index (χ1) is 48.7. The monoisotopic (exact) mass is 1460 g/mol. The van der Waals surface area contributed by atoms with Crippen LogP contribution in [0.25, 0.3) is 0 Å². The Bertz CT molecular complexity index is 3500. The average molecular weight is 1460 g/mol. The van der Waals surface area contributed by atoms with E-state index in [1.165, 1.54) is 60.7 Å². The molecule has 0 radical (unpaired) electrons. The van der Waals surface area contributed by atoms with E-state index in [4.69, 9.17) is 61.6 Å². The van der Waals surface area contributed by atoms with Crippen molar-refractivity contribution in [3.05, 3.63) is 194 Å². The predicted octanol–water partition coefficient (Wildman–Crippen LogP) is 17.9. The smallest absolute Gasteiger partial charge is 0.338 e. The van der Waals surface area contributed by atoms with Gasteiger partial charge in [-0.1, -0.05) is 6.07 Å². The zero-order chi connectivity index (χ0) is 79.3. The number of carbonyl (C=O) groups excluding carboxylic acids is 8. The average Bonchev–Trinajstić information content (AvgIpc) is 0.819. The molecule has 6 rings (SSSR count). The van der Waals surface area contributed by atoms with Gasteiger partial charge in [-0.3, -0.25) is 0 Å². The van der Waals surface area contributed by atoms with Crippen molar-refractivity contribution in [1.82, 2.24) is 0 Å². The third-order valence-corrected chi connectivity index (χ3v) is 13.6. The normalized spacial score (nSPS) is 12.3. The van der Waals surface area contributed by atoms with Gasteiger partial charge in [0.05, 0.1) is 44.5 Å². The number of ether oxygens (including phenoxy) is 13. The van der Waals surface area contributed by atoms with Gasteiger partial charge in [0.1, 0.15) is 107 Å². The molecule has 0 atom stereocenters. The number of aryl methyl sites for hydroxylation is 2. The van der Waals surface area contributed by atoms with E-state index in [2.05, 4.69) is 0 Å². The molecular weight excluding hydrogens is 1360 g/mol. The molecule has 0 N–H and O–H groups in total. The number of benzene rings is 6. The first-order valence-corrected chi connectivity index (χ1v) is 35.2. The van der Waals surface area contributed by atoms with E-state index in [-0.39, 0.29) is 94.8 Å². The van der Waals surface area contributed by atoms with Crippen LogP contribution in [0.3, 0.4) is 0 Å². The molecule has 0 saturated carbocycles. The van der Waals surface area contributed by atoms with Gasteiger partial charge in [0.15, 0.2) is 0 Å². The van der Waals surface area contributed by atoms with Gasteiger partial charge in [-0.2, -0.15) is 0 Å². The third-order valence-electron chi connectivity index (χ3n) is 13.6. The summed E-state index contributed by atoms with van der Waals surface area (Å²) in [5, 5.41) is 0. The maximum Gasteiger partial charge on any atom is 0.338 e. The largest absolute Gasteiger partial charge is 0.490 e. The van der Waals surface area contributed by atoms with Crippen LogP contribution < -0.4 is 23.7 Å². The molecule has 0 amide bonds. The lowest BCUT2D eigenvalue weighted by Gasteiger charge is -2.21. The summed E-state index contributed by atoms with van der Waals surface area (Å²) in [5.41, 5.74) is -2.79. The Morgan fingerprint density at radius 2 is 0.387 bits per heavy atom. The summed E-state index contributed by atoms with van der Waals surface area (Å²) in [6.45, 7) is 41.5. The standard InChI is InChI=1S/C85H106O21/c1-78(2,3)99-70(86)57-33-53(34-58(39-57)71(87)100-79(4,5)6)28-27-52-31-54(49-96-67-43-59(72(88)101-80(7,8)9)40-60(44-67)73(89)102-81(10,11)12)36-65(35-52)94-29-25-26-30-95-66-37-55(50-97-68-45-61(74(90)103-82(13,14)15)41-62(46-68)75(91)104-83(16,17)18)32-56(38-66)51-98-69-47-63(76(92)105-84(19,20)21)42-64(48-69)77(93)106-85(22,23)24/h25-26,31-48H,27-30,49-51H2,1-24H3. The van der Waals surface area contributed by atoms with Gasteiger partial charge in [-0.25, -0.2) is 38.4 Å². The second-order valence-corrected chi connectivity index (χ2v) is 33.6. The van der Waals surface area contributed by atoms with Gasteiger partial charge >= 0.3 is 47.8 Å². The lowest BCUT2D eigenvalue weighted by atomic mass is 9.98. The van der Waals surface area contributed by atoms with Crippen LogP contribution in [0.2, 0.25) is 0 Å². The van der Waals surface area contributed by atoms with Crippen molar-refractivity contribution in [3.63, 3.8) is 0 Å². The highest BCUT2D eigenvalue weighted by molar-refractivity contribution is 5.99. The fraction of sp³-hybridized carbons (Fsp3) is 0.459. The molecule has 0 aliphatic carbocycles. The van der Waals surface area contributed by atoms with Crippen molar-refractivity contribution >= 4 is 47.8 Å². The summed E-state index contributed by atoms with van der Waals surface area (Å²) < 4.78 is 77.4. The van der Waals surface area contributed by atoms with Crippen LogP contribution in [0.4, 0.5) is 0 Å². The van der Waals surface area contributed by atoms with Gasteiger partial charge in [0.25, 0.3) is 0 Å². The van der Waals surface area contributed by atoms with Crippen LogP contribution in [0.15, 0.2) is 121 Å². The predicted molar refractivity (Wildman–Crippen MR) is 401 cm³/mol. The Hall–Kier alpha value is -10.2. The second kappa shape index (κ2) is 34.4. The summed E-state index contributed by atoms with van der Waals surface area (Å²) in [6, 6.07) is 28.8. The fourth-order valence-corrected chi connectivity index (χ4v) is 9.75. The molecule has 106 heavy (non-hydrogen) atoms. The molecule has 0 aliphatic rings. The quantitative estimate of drug-likeness (QED) is 0.0278. The Morgan fingerprint density at radius 1 is 0.217 bits per heavy atom. The van der Waals surface area contributed by atoms with E-state index in [0.717, 1.165) is 5.56 Å². The molecule has 0 unspecified atom stereocenters. The molecule has 0 aliphatic heterocycles. The Kier molecular flexibility index (Phi) is 27.5. The van der Waals surface area contributed by atoms with Crippen LogP contribution in [0.5, 0.6) is 28.7 Å². The zero-order valence-corrected chi connectivity index (χ0v) is 66.1. The summed E-state index contributed by atoms with van der Waals surface area (Å²) in [6.07, 6.45) is 4.25. The molecule has 0 heterocycles. The van der Waals surface area contributed by atoms with Crippen molar-refractivity contribution in [2.24, 2.45) is 0 Å². The number of hydrogen-bond donors (Lipinski definition) is 0. The molecule has 0 aromatic heterocycles. The van der Waals surface area contributed by atoms with Crippen LogP contribution in [-0.4, -0.2) is 106 Å². The van der Waals surface area contributed by atoms with Crippen molar-refractivity contribution in [2.45, 2.75) is 244 Å². The highest BCUT2D eigenvalue weighted by Gasteiger charge is 2.29. The summed E-state index contributed by atoms with van der Waals surface area (Å²) in [4.78, 5) is 108. The minimum absolute atomic E-state index is 0.0305. The maximum absolute atomic E-state index is 13.6. The summed E-state index contributed by atoms with van der Waals surface area (Å²) in [5.74, 6) is -3.97.